The van der Waals surface area contributed by atoms with Gasteiger partial charge < -0.3 is 10.5 Å². The van der Waals surface area contributed by atoms with Crippen LogP contribution in [-0.2, 0) is 6.61 Å². The van der Waals surface area contributed by atoms with Gasteiger partial charge in [0, 0.05) is 10.2 Å². The van der Waals surface area contributed by atoms with Crippen LogP contribution in [0.15, 0.2) is 34.8 Å². The van der Waals surface area contributed by atoms with Gasteiger partial charge in [-0.05, 0) is 30.7 Å². The van der Waals surface area contributed by atoms with Crippen molar-refractivity contribution in [3.63, 3.8) is 0 Å². The molecule has 0 aliphatic heterocycles. The highest BCUT2D eigenvalue weighted by Crippen LogP contribution is 2.13. The van der Waals surface area contributed by atoms with Crippen molar-refractivity contribution in [1.29, 1.82) is 0 Å². The number of ether oxygens (including phenoxy) is 1. The maximum absolute atomic E-state index is 5.56. The zero-order chi connectivity index (χ0) is 13.8. The summed E-state index contributed by atoms with van der Waals surface area (Å²) in [4.78, 5) is 8.58. The molecule has 0 aliphatic rings. The van der Waals surface area contributed by atoms with Gasteiger partial charge in [0.05, 0.1) is 0 Å². The fourth-order valence-electron chi connectivity index (χ4n) is 1.46. The molecule has 4 nitrogen and oxygen atoms in total. The van der Waals surface area contributed by atoms with E-state index in [1.54, 1.807) is 6.07 Å². The minimum atomic E-state index is 0.235. The third-order valence-electron chi connectivity index (χ3n) is 2.37. The molecule has 2 aromatic rings. The Labute approximate surface area is 125 Å². The second-order valence-electron chi connectivity index (χ2n) is 3.96. The predicted octanol–water partition coefficient (Wildman–Crippen LogP) is 2.76. The van der Waals surface area contributed by atoms with Crippen LogP contribution in [0.2, 0.25) is 0 Å². The molecule has 2 rings (SSSR count). The van der Waals surface area contributed by atoms with E-state index in [0.29, 0.717) is 12.3 Å². The number of thiocarbonyl (C=S) groups is 1. The molecule has 2 N–H and O–H groups in total. The first-order chi connectivity index (χ1) is 9.04. The summed E-state index contributed by atoms with van der Waals surface area (Å²) in [5, 5.41) is 0. The normalized spacial score (nSPS) is 10.2. The molecule has 0 saturated heterocycles. The molecule has 0 unspecified atom stereocenters. The molecule has 0 spiro atoms. The Hall–Kier alpha value is -1.53. The SMILES string of the molecule is Cc1cc(C(N)=S)nc(OCc2ccc(Br)cc2)n1. The van der Waals surface area contributed by atoms with Crippen molar-refractivity contribution in [1.82, 2.24) is 9.97 Å². The molecule has 1 aromatic carbocycles. The monoisotopic (exact) mass is 337 g/mol. The van der Waals surface area contributed by atoms with E-state index in [-0.39, 0.29) is 11.0 Å². The van der Waals surface area contributed by atoms with Gasteiger partial charge in [-0.3, -0.25) is 0 Å². The van der Waals surface area contributed by atoms with E-state index < -0.39 is 0 Å². The smallest absolute Gasteiger partial charge is 0.317 e. The van der Waals surface area contributed by atoms with E-state index in [1.807, 2.05) is 31.2 Å². The molecule has 0 saturated carbocycles. The van der Waals surface area contributed by atoms with Crippen molar-refractivity contribution >= 4 is 33.1 Å². The molecule has 1 aromatic heterocycles. The summed E-state index contributed by atoms with van der Waals surface area (Å²) in [6, 6.07) is 9.86. The van der Waals surface area contributed by atoms with Gasteiger partial charge in [0.2, 0.25) is 0 Å². The van der Waals surface area contributed by atoms with E-state index in [4.69, 9.17) is 22.7 Å². The summed E-state index contributed by atoms with van der Waals surface area (Å²) in [6.07, 6.45) is 0. The highest BCUT2D eigenvalue weighted by molar-refractivity contribution is 9.10. The number of hydrogen-bond donors (Lipinski definition) is 1. The second kappa shape index (κ2) is 6.08. The molecule has 0 atom stereocenters. The Morgan fingerprint density at radius 1 is 1.32 bits per heavy atom. The molecule has 0 amide bonds. The first-order valence-corrected chi connectivity index (χ1v) is 6.77. The van der Waals surface area contributed by atoms with Crippen molar-refractivity contribution < 1.29 is 4.74 Å². The molecule has 0 aliphatic carbocycles. The van der Waals surface area contributed by atoms with Gasteiger partial charge >= 0.3 is 6.01 Å². The number of aromatic nitrogens is 2. The molecule has 19 heavy (non-hydrogen) atoms. The number of benzene rings is 1. The van der Waals surface area contributed by atoms with Gasteiger partial charge in [-0.15, -0.1) is 0 Å². The zero-order valence-corrected chi connectivity index (χ0v) is 12.7. The van der Waals surface area contributed by atoms with Crippen LogP contribution in [0.1, 0.15) is 17.0 Å². The number of aryl methyl sites for hydroxylation is 1. The third kappa shape index (κ3) is 3.97. The summed E-state index contributed by atoms with van der Waals surface area (Å²) >= 11 is 8.28. The second-order valence-corrected chi connectivity index (χ2v) is 5.31. The van der Waals surface area contributed by atoms with E-state index >= 15 is 0 Å². The lowest BCUT2D eigenvalue weighted by Gasteiger charge is -2.07. The van der Waals surface area contributed by atoms with Crippen LogP contribution in [0.4, 0.5) is 0 Å². The Bertz CT molecular complexity index is 601. The van der Waals surface area contributed by atoms with Crippen LogP contribution in [0, 0.1) is 6.92 Å². The number of hydrogen-bond acceptors (Lipinski definition) is 4. The topological polar surface area (TPSA) is 61.0 Å². The van der Waals surface area contributed by atoms with Crippen molar-refractivity contribution in [3.05, 3.63) is 51.8 Å². The quantitative estimate of drug-likeness (QED) is 0.869. The van der Waals surface area contributed by atoms with E-state index in [9.17, 15) is 0 Å². The molecule has 98 valence electrons. The van der Waals surface area contributed by atoms with Gasteiger partial charge in [0.1, 0.15) is 17.3 Å². The Morgan fingerprint density at radius 2 is 2.00 bits per heavy atom. The highest BCUT2D eigenvalue weighted by Gasteiger charge is 2.05. The molecule has 0 bridgehead atoms. The van der Waals surface area contributed by atoms with Crippen LogP contribution in [0.25, 0.3) is 0 Å². The Kier molecular flexibility index (Phi) is 4.44. The molecule has 0 fully saturated rings. The minimum absolute atomic E-state index is 0.235. The number of halogens is 1. The number of nitrogens with two attached hydrogens (primary N) is 1. The molecule has 0 radical (unpaired) electrons. The van der Waals surface area contributed by atoms with E-state index in [2.05, 4.69) is 25.9 Å². The maximum atomic E-state index is 5.56. The first-order valence-electron chi connectivity index (χ1n) is 5.57. The van der Waals surface area contributed by atoms with Crippen LogP contribution in [0.5, 0.6) is 6.01 Å². The Balaban J connectivity index is 2.11. The molecule has 1 heterocycles. The Morgan fingerprint density at radius 3 is 2.63 bits per heavy atom. The lowest BCUT2D eigenvalue weighted by atomic mass is 10.2. The molecule has 6 heteroatoms. The van der Waals surface area contributed by atoms with Gasteiger partial charge in [0.15, 0.2) is 0 Å². The van der Waals surface area contributed by atoms with Crippen LogP contribution >= 0.6 is 28.1 Å². The van der Waals surface area contributed by atoms with Crippen LogP contribution < -0.4 is 10.5 Å². The predicted molar refractivity (Wildman–Crippen MR) is 81.1 cm³/mol. The molecular weight excluding hydrogens is 326 g/mol. The third-order valence-corrected chi connectivity index (χ3v) is 3.11. The average Bonchev–Trinajstić information content (AvgIpc) is 2.37. The van der Waals surface area contributed by atoms with Crippen molar-refractivity contribution in [2.24, 2.45) is 5.73 Å². The van der Waals surface area contributed by atoms with E-state index in [1.165, 1.54) is 0 Å². The lowest BCUT2D eigenvalue weighted by molar-refractivity contribution is 0.280. The minimum Gasteiger partial charge on any atom is -0.459 e. The van der Waals surface area contributed by atoms with Crippen LogP contribution in [-0.4, -0.2) is 15.0 Å². The number of rotatable bonds is 4. The van der Waals surface area contributed by atoms with Gasteiger partial charge in [-0.1, -0.05) is 40.3 Å². The van der Waals surface area contributed by atoms with Crippen molar-refractivity contribution in [2.75, 3.05) is 0 Å². The highest BCUT2D eigenvalue weighted by atomic mass is 79.9. The number of nitrogens with zero attached hydrogens (tertiary/aromatic N) is 2. The first kappa shape index (κ1) is 13.9. The fourth-order valence-corrected chi connectivity index (χ4v) is 1.83. The zero-order valence-electron chi connectivity index (χ0n) is 10.3. The van der Waals surface area contributed by atoms with Crippen molar-refractivity contribution in [2.45, 2.75) is 13.5 Å². The van der Waals surface area contributed by atoms with Gasteiger partial charge in [-0.25, -0.2) is 4.98 Å². The standard InChI is InChI=1S/C13H12BrN3OS/c1-8-6-11(12(15)19)17-13(16-8)18-7-9-2-4-10(14)5-3-9/h2-6H,7H2,1H3,(H2,15,19). The maximum Gasteiger partial charge on any atom is 0.317 e. The molecular formula is C13H12BrN3OS. The van der Waals surface area contributed by atoms with Crippen molar-refractivity contribution in [3.8, 4) is 6.01 Å². The van der Waals surface area contributed by atoms with E-state index in [0.717, 1.165) is 15.7 Å². The van der Waals surface area contributed by atoms with Crippen LogP contribution in [0.3, 0.4) is 0 Å². The summed E-state index contributed by atoms with van der Waals surface area (Å²) in [6.45, 7) is 2.24. The summed E-state index contributed by atoms with van der Waals surface area (Å²) < 4.78 is 6.58. The summed E-state index contributed by atoms with van der Waals surface area (Å²) in [5.41, 5.74) is 7.88. The summed E-state index contributed by atoms with van der Waals surface area (Å²) in [5.74, 6) is 0. The lowest BCUT2D eigenvalue weighted by Crippen LogP contribution is -2.13. The fraction of sp³-hybridized carbons (Fsp3) is 0.154. The van der Waals surface area contributed by atoms with Gasteiger partial charge in [-0.2, -0.15) is 4.98 Å². The largest absolute Gasteiger partial charge is 0.459 e. The van der Waals surface area contributed by atoms with Gasteiger partial charge in [0.25, 0.3) is 0 Å². The average molecular weight is 338 g/mol. The summed E-state index contributed by atoms with van der Waals surface area (Å²) in [7, 11) is 0.